The van der Waals surface area contributed by atoms with Crippen LogP contribution >= 0.6 is 11.6 Å². The summed E-state index contributed by atoms with van der Waals surface area (Å²) in [7, 11) is 2.19. The molecular weight excluding hydrogens is 330 g/mol. The van der Waals surface area contributed by atoms with Gasteiger partial charge in [-0.15, -0.1) is 0 Å². The summed E-state index contributed by atoms with van der Waals surface area (Å²) < 4.78 is 2.48. The van der Waals surface area contributed by atoms with Gasteiger partial charge in [0.05, 0.1) is 5.52 Å². The Kier molecular flexibility index (Phi) is 3.31. The second kappa shape index (κ2) is 5.45. The Labute approximate surface area is 152 Å². The highest BCUT2D eigenvalue weighted by Crippen LogP contribution is 2.41. The number of nitrogens with zero attached hydrogens (tertiary/aromatic N) is 3. The maximum absolute atomic E-state index is 6.31. The van der Waals surface area contributed by atoms with Gasteiger partial charge in [-0.3, -0.25) is 4.98 Å². The Bertz CT molecular complexity index is 1040. The molecule has 2 aromatic heterocycles. The zero-order valence-electron chi connectivity index (χ0n) is 14.5. The van der Waals surface area contributed by atoms with Crippen molar-refractivity contribution in [3.8, 4) is 0 Å². The predicted octanol–water partition coefficient (Wildman–Crippen LogP) is 4.62. The van der Waals surface area contributed by atoms with E-state index in [-0.39, 0.29) is 0 Å². The van der Waals surface area contributed by atoms with Gasteiger partial charge in [-0.05, 0) is 60.5 Å². The molecule has 4 heteroatoms. The molecule has 1 aromatic carbocycles. The molecule has 0 amide bonds. The monoisotopic (exact) mass is 349 g/mol. The Morgan fingerprint density at radius 3 is 2.96 bits per heavy atom. The molecule has 3 heterocycles. The molecule has 3 nitrogen and oxygen atoms in total. The lowest BCUT2D eigenvalue weighted by Crippen LogP contribution is -2.27. The maximum atomic E-state index is 6.31. The summed E-state index contributed by atoms with van der Waals surface area (Å²) in [5.41, 5.74) is 9.64. The van der Waals surface area contributed by atoms with Crippen molar-refractivity contribution in [1.82, 2.24) is 14.5 Å². The first kappa shape index (κ1) is 15.2. The average Bonchev–Trinajstić information content (AvgIpc) is 2.89. The molecule has 0 atom stereocenters. The molecule has 3 aromatic rings. The third-order valence-electron chi connectivity index (χ3n) is 5.67. The summed E-state index contributed by atoms with van der Waals surface area (Å²) in [5, 5.41) is 2.11. The summed E-state index contributed by atoms with van der Waals surface area (Å²) in [6.45, 7) is 4.34. The largest absolute Gasteiger partial charge is 0.317 e. The normalized spacial score (nSPS) is 18.7. The van der Waals surface area contributed by atoms with Gasteiger partial charge in [-0.25, -0.2) is 0 Å². The zero-order valence-corrected chi connectivity index (χ0v) is 15.3. The van der Waals surface area contributed by atoms with E-state index in [1.54, 1.807) is 0 Å². The first-order chi connectivity index (χ1) is 12.1. The van der Waals surface area contributed by atoms with E-state index in [2.05, 4.69) is 46.6 Å². The van der Waals surface area contributed by atoms with Crippen LogP contribution in [-0.2, 0) is 19.4 Å². The van der Waals surface area contributed by atoms with Gasteiger partial charge < -0.3 is 9.47 Å². The van der Waals surface area contributed by atoms with Crippen LogP contribution in [0.2, 0.25) is 5.02 Å². The minimum absolute atomic E-state index is 0.811. The summed E-state index contributed by atoms with van der Waals surface area (Å²) in [4.78, 5) is 6.63. The van der Waals surface area contributed by atoms with Crippen LogP contribution in [-0.4, -0.2) is 28.0 Å². The minimum atomic E-state index is 0.811. The SMILES string of the molecule is CC(=C1Cc2cnccc21)n1c2c(c3cc(Cl)ccc31)CN(C)CC2. The fourth-order valence-electron chi connectivity index (χ4n) is 4.35. The number of hydrogen-bond donors (Lipinski definition) is 0. The highest BCUT2D eigenvalue weighted by Gasteiger charge is 2.27. The molecule has 1 aliphatic heterocycles. The lowest BCUT2D eigenvalue weighted by atomic mass is 9.83. The molecule has 0 spiro atoms. The maximum Gasteiger partial charge on any atom is 0.0532 e. The quantitative estimate of drug-likeness (QED) is 0.639. The van der Waals surface area contributed by atoms with E-state index in [4.69, 9.17) is 11.6 Å². The van der Waals surface area contributed by atoms with Gasteiger partial charge in [0.15, 0.2) is 0 Å². The standard InChI is InChI=1S/C21H20ClN3/c1-13(17-9-14-11-23-7-5-16(14)17)25-20-4-3-15(22)10-18(20)19-12-24(2)8-6-21(19)25/h3-5,7,10-11H,6,8-9,12H2,1-2H3. The van der Waals surface area contributed by atoms with E-state index in [9.17, 15) is 0 Å². The van der Waals surface area contributed by atoms with Gasteiger partial charge in [0.25, 0.3) is 0 Å². The molecule has 1 aliphatic carbocycles. The highest BCUT2D eigenvalue weighted by atomic mass is 35.5. The van der Waals surface area contributed by atoms with E-state index < -0.39 is 0 Å². The highest BCUT2D eigenvalue weighted by molar-refractivity contribution is 6.31. The lowest BCUT2D eigenvalue weighted by Gasteiger charge is -2.28. The summed E-state index contributed by atoms with van der Waals surface area (Å²) in [6.07, 6.45) is 5.97. The number of likely N-dealkylation sites (N-methyl/N-ethyl adjacent to an activating group) is 1. The van der Waals surface area contributed by atoms with Crippen molar-refractivity contribution in [1.29, 1.82) is 0 Å². The van der Waals surface area contributed by atoms with Crippen LogP contribution in [0.4, 0.5) is 0 Å². The number of pyridine rings is 1. The lowest BCUT2D eigenvalue weighted by molar-refractivity contribution is 0.311. The molecule has 25 heavy (non-hydrogen) atoms. The molecule has 126 valence electrons. The number of hydrogen-bond acceptors (Lipinski definition) is 2. The van der Waals surface area contributed by atoms with Crippen molar-refractivity contribution in [2.75, 3.05) is 13.6 Å². The van der Waals surface area contributed by atoms with Gasteiger partial charge in [-0.1, -0.05) is 11.6 Å². The summed E-state index contributed by atoms with van der Waals surface area (Å²) >= 11 is 6.31. The third kappa shape index (κ3) is 2.19. The molecule has 0 saturated heterocycles. The topological polar surface area (TPSA) is 21.1 Å². The number of allylic oxidation sites excluding steroid dienone is 2. The molecule has 0 saturated carbocycles. The molecule has 5 rings (SSSR count). The third-order valence-corrected chi connectivity index (χ3v) is 5.90. The van der Waals surface area contributed by atoms with Crippen LogP contribution in [0, 0.1) is 0 Å². The number of halogens is 1. The fourth-order valence-corrected chi connectivity index (χ4v) is 4.52. The fraction of sp³-hybridized carbons (Fsp3) is 0.286. The molecule has 0 radical (unpaired) electrons. The van der Waals surface area contributed by atoms with Crippen molar-refractivity contribution >= 4 is 33.8 Å². The van der Waals surface area contributed by atoms with E-state index in [0.717, 1.165) is 31.0 Å². The smallest absolute Gasteiger partial charge is 0.0532 e. The molecule has 0 unspecified atom stereocenters. The van der Waals surface area contributed by atoms with Crippen LogP contribution in [0.25, 0.3) is 22.2 Å². The number of benzene rings is 1. The van der Waals surface area contributed by atoms with Gasteiger partial charge >= 0.3 is 0 Å². The van der Waals surface area contributed by atoms with Crippen LogP contribution < -0.4 is 0 Å². The Balaban J connectivity index is 1.78. The number of fused-ring (bicyclic) bond motifs is 4. The molecule has 0 bridgehead atoms. The van der Waals surface area contributed by atoms with Crippen LogP contribution in [0.3, 0.4) is 0 Å². The summed E-state index contributed by atoms with van der Waals surface area (Å²) in [5.74, 6) is 0. The van der Waals surface area contributed by atoms with Gasteiger partial charge in [0, 0.05) is 60.1 Å². The molecular formula is C21H20ClN3. The second-order valence-corrected chi connectivity index (χ2v) is 7.62. The van der Waals surface area contributed by atoms with E-state index in [0.29, 0.717) is 0 Å². The molecule has 0 N–H and O–H groups in total. The van der Waals surface area contributed by atoms with Gasteiger partial charge in [0.2, 0.25) is 0 Å². The second-order valence-electron chi connectivity index (χ2n) is 7.18. The number of aromatic nitrogens is 2. The Hall–Kier alpha value is -2.10. The average molecular weight is 350 g/mol. The first-order valence-corrected chi connectivity index (χ1v) is 9.15. The van der Waals surface area contributed by atoms with Gasteiger partial charge in [-0.2, -0.15) is 0 Å². The van der Waals surface area contributed by atoms with Gasteiger partial charge in [0.1, 0.15) is 0 Å². The minimum Gasteiger partial charge on any atom is -0.317 e. The summed E-state index contributed by atoms with van der Waals surface area (Å²) in [6, 6.07) is 8.45. The van der Waals surface area contributed by atoms with Crippen LogP contribution in [0.15, 0.2) is 36.7 Å². The first-order valence-electron chi connectivity index (χ1n) is 8.77. The predicted molar refractivity (Wildman–Crippen MR) is 104 cm³/mol. The van der Waals surface area contributed by atoms with Crippen molar-refractivity contribution in [3.05, 3.63) is 64.1 Å². The molecule has 0 fully saturated rings. The van der Waals surface area contributed by atoms with E-state index >= 15 is 0 Å². The zero-order chi connectivity index (χ0) is 17.1. The van der Waals surface area contributed by atoms with Crippen molar-refractivity contribution in [3.63, 3.8) is 0 Å². The van der Waals surface area contributed by atoms with Crippen molar-refractivity contribution < 1.29 is 0 Å². The number of rotatable bonds is 1. The van der Waals surface area contributed by atoms with E-state index in [1.165, 1.54) is 44.6 Å². The Morgan fingerprint density at radius 2 is 2.12 bits per heavy atom. The van der Waals surface area contributed by atoms with Crippen molar-refractivity contribution in [2.24, 2.45) is 0 Å². The van der Waals surface area contributed by atoms with E-state index in [1.807, 2.05) is 18.5 Å². The molecule has 2 aliphatic rings. The van der Waals surface area contributed by atoms with Crippen LogP contribution in [0.1, 0.15) is 29.3 Å². The Morgan fingerprint density at radius 1 is 1.24 bits per heavy atom. The van der Waals surface area contributed by atoms with Crippen molar-refractivity contribution in [2.45, 2.75) is 26.3 Å². The van der Waals surface area contributed by atoms with Crippen LogP contribution in [0.5, 0.6) is 0 Å².